The quantitative estimate of drug-likeness (QED) is 0.755. The standard InChI is InChI=1S/C12H23N3/c1-5-6-10-7-14-12(15-10)11(8-13-4)9(2)3/h7,9,11,13H,5-6,8H2,1-4H3,(H,14,15). The van der Waals surface area contributed by atoms with E-state index >= 15 is 0 Å². The number of nitrogens with zero attached hydrogens (tertiary/aromatic N) is 1. The maximum absolute atomic E-state index is 4.48. The molecule has 3 heteroatoms. The summed E-state index contributed by atoms with van der Waals surface area (Å²) in [6.45, 7) is 7.65. The SMILES string of the molecule is CCCc1cnc(C(CNC)C(C)C)[nH]1. The van der Waals surface area contributed by atoms with Gasteiger partial charge in [-0.1, -0.05) is 27.2 Å². The largest absolute Gasteiger partial charge is 0.346 e. The summed E-state index contributed by atoms with van der Waals surface area (Å²) in [7, 11) is 1.99. The molecule has 0 radical (unpaired) electrons. The van der Waals surface area contributed by atoms with E-state index in [2.05, 4.69) is 36.1 Å². The molecule has 15 heavy (non-hydrogen) atoms. The van der Waals surface area contributed by atoms with Crippen molar-refractivity contribution >= 4 is 0 Å². The Morgan fingerprint density at radius 1 is 1.47 bits per heavy atom. The van der Waals surface area contributed by atoms with Crippen molar-refractivity contribution in [3.05, 3.63) is 17.7 Å². The summed E-state index contributed by atoms with van der Waals surface area (Å²) < 4.78 is 0. The number of H-pyrrole nitrogens is 1. The van der Waals surface area contributed by atoms with Gasteiger partial charge in [-0.2, -0.15) is 0 Å². The van der Waals surface area contributed by atoms with Crippen LogP contribution in [0, 0.1) is 5.92 Å². The predicted molar refractivity (Wildman–Crippen MR) is 64.1 cm³/mol. The number of rotatable bonds is 6. The predicted octanol–water partition coefficient (Wildman–Crippen LogP) is 2.32. The van der Waals surface area contributed by atoms with Gasteiger partial charge in [0.1, 0.15) is 5.82 Å². The normalized spacial score (nSPS) is 13.4. The molecule has 0 aromatic carbocycles. The van der Waals surface area contributed by atoms with Crippen molar-refractivity contribution in [3.8, 4) is 0 Å². The van der Waals surface area contributed by atoms with Crippen molar-refractivity contribution in [2.24, 2.45) is 5.92 Å². The first-order chi connectivity index (χ1) is 7.19. The van der Waals surface area contributed by atoms with Crippen molar-refractivity contribution in [1.82, 2.24) is 15.3 Å². The molecule has 1 atom stereocenters. The Morgan fingerprint density at radius 2 is 2.20 bits per heavy atom. The molecule has 1 unspecified atom stereocenters. The first-order valence-electron chi connectivity index (χ1n) is 5.87. The molecular weight excluding hydrogens is 186 g/mol. The van der Waals surface area contributed by atoms with Crippen molar-refractivity contribution < 1.29 is 0 Å². The lowest BCUT2D eigenvalue weighted by Crippen LogP contribution is -2.22. The highest BCUT2D eigenvalue weighted by molar-refractivity contribution is 5.07. The van der Waals surface area contributed by atoms with Crippen molar-refractivity contribution in [2.75, 3.05) is 13.6 Å². The third-order valence-electron chi connectivity index (χ3n) is 2.75. The Kier molecular flexibility index (Phi) is 4.82. The molecule has 86 valence electrons. The third-order valence-corrected chi connectivity index (χ3v) is 2.75. The molecule has 0 amide bonds. The van der Waals surface area contributed by atoms with Crippen LogP contribution in [0.2, 0.25) is 0 Å². The van der Waals surface area contributed by atoms with Crippen LogP contribution in [0.5, 0.6) is 0 Å². The molecule has 1 aromatic rings. The summed E-state index contributed by atoms with van der Waals surface area (Å²) in [5.74, 6) is 2.22. The molecule has 0 saturated carbocycles. The van der Waals surface area contributed by atoms with E-state index in [0.717, 1.165) is 18.8 Å². The van der Waals surface area contributed by atoms with Crippen LogP contribution < -0.4 is 5.32 Å². The highest BCUT2D eigenvalue weighted by Gasteiger charge is 2.17. The number of likely N-dealkylation sites (N-methyl/N-ethyl adjacent to an activating group) is 1. The smallest absolute Gasteiger partial charge is 0.110 e. The Balaban J connectivity index is 2.72. The summed E-state index contributed by atoms with van der Waals surface area (Å²) in [6.07, 6.45) is 4.24. The summed E-state index contributed by atoms with van der Waals surface area (Å²) in [6, 6.07) is 0. The summed E-state index contributed by atoms with van der Waals surface area (Å²) in [4.78, 5) is 7.91. The maximum atomic E-state index is 4.48. The molecule has 0 aliphatic carbocycles. The van der Waals surface area contributed by atoms with Crippen LogP contribution in [0.15, 0.2) is 6.20 Å². The molecule has 1 rings (SSSR count). The average molecular weight is 209 g/mol. The highest BCUT2D eigenvalue weighted by Crippen LogP contribution is 2.21. The molecule has 1 aromatic heterocycles. The van der Waals surface area contributed by atoms with E-state index in [9.17, 15) is 0 Å². The second-order valence-corrected chi connectivity index (χ2v) is 4.45. The summed E-state index contributed by atoms with van der Waals surface area (Å²) in [5.41, 5.74) is 1.26. The van der Waals surface area contributed by atoms with E-state index < -0.39 is 0 Å². The summed E-state index contributed by atoms with van der Waals surface area (Å²) in [5, 5.41) is 3.23. The number of hydrogen-bond donors (Lipinski definition) is 2. The van der Waals surface area contributed by atoms with Crippen molar-refractivity contribution in [3.63, 3.8) is 0 Å². The van der Waals surface area contributed by atoms with Gasteiger partial charge in [-0.05, 0) is 19.4 Å². The van der Waals surface area contributed by atoms with Crippen LogP contribution in [-0.2, 0) is 6.42 Å². The molecule has 0 aliphatic heterocycles. The van der Waals surface area contributed by atoms with Gasteiger partial charge in [-0.25, -0.2) is 4.98 Å². The third kappa shape index (κ3) is 3.34. The Hall–Kier alpha value is -0.830. The second-order valence-electron chi connectivity index (χ2n) is 4.45. The average Bonchev–Trinajstić information content (AvgIpc) is 2.62. The fraction of sp³-hybridized carbons (Fsp3) is 0.750. The van der Waals surface area contributed by atoms with Gasteiger partial charge < -0.3 is 10.3 Å². The zero-order chi connectivity index (χ0) is 11.3. The molecular formula is C12H23N3. The summed E-state index contributed by atoms with van der Waals surface area (Å²) >= 11 is 0. The molecule has 0 saturated heterocycles. The van der Waals surface area contributed by atoms with Gasteiger partial charge in [0.2, 0.25) is 0 Å². The lowest BCUT2D eigenvalue weighted by atomic mass is 9.95. The monoisotopic (exact) mass is 209 g/mol. The fourth-order valence-corrected chi connectivity index (χ4v) is 1.83. The minimum absolute atomic E-state index is 0.487. The lowest BCUT2D eigenvalue weighted by molar-refractivity contribution is 0.460. The van der Waals surface area contributed by atoms with E-state index in [0.29, 0.717) is 11.8 Å². The Morgan fingerprint density at radius 3 is 2.73 bits per heavy atom. The Bertz CT molecular complexity index is 278. The van der Waals surface area contributed by atoms with Gasteiger partial charge in [0, 0.05) is 24.4 Å². The molecule has 2 N–H and O–H groups in total. The van der Waals surface area contributed by atoms with E-state index in [-0.39, 0.29) is 0 Å². The van der Waals surface area contributed by atoms with Crippen molar-refractivity contribution in [2.45, 2.75) is 39.5 Å². The van der Waals surface area contributed by atoms with E-state index in [4.69, 9.17) is 0 Å². The lowest BCUT2D eigenvalue weighted by Gasteiger charge is -2.17. The van der Waals surface area contributed by atoms with Gasteiger partial charge in [-0.3, -0.25) is 0 Å². The van der Waals surface area contributed by atoms with E-state index in [1.54, 1.807) is 0 Å². The van der Waals surface area contributed by atoms with Crippen LogP contribution in [0.4, 0.5) is 0 Å². The van der Waals surface area contributed by atoms with Crippen LogP contribution in [-0.4, -0.2) is 23.6 Å². The van der Waals surface area contributed by atoms with Gasteiger partial charge in [-0.15, -0.1) is 0 Å². The zero-order valence-corrected chi connectivity index (χ0v) is 10.3. The number of hydrogen-bond acceptors (Lipinski definition) is 2. The van der Waals surface area contributed by atoms with Crippen LogP contribution >= 0.6 is 0 Å². The molecule has 0 fully saturated rings. The van der Waals surface area contributed by atoms with Crippen LogP contribution in [0.1, 0.15) is 44.6 Å². The van der Waals surface area contributed by atoms with Crippen molar-refractivity contribution in [1.29, 1.82) is 0 Å². The van der Waals surface area contributed by atoms with Crippen LogP contribution in [0.3, 0.4) is 0 Å². The minimum Gasteiger partial charge on any atom is -0.346 e. The molecule has 0 spiro atoms. The van der Waals surface area contributed by atoms with E-state index in [1.165, 1.54) is 12.1 Å². The van der Waals surface area contributed by atoms with Crippen LogP contribution in [0.25, 0.3) is 0 Å². The number of aromatic amines is 1. The maximum Gasteiger partial charge on any atom is 0.110 e. The molecule has 0 bridgehead atoms. The molecule has 1 heterocycles. The highest BCUT2D eigenvalue weighted by atomic mass is 14.9. The minimum atomic E-state index is 0.487. The first kappa shape index (κ1) is 12.2. The first-order valence-corrected chi connectivity index (χ1v) is 5.87. The number of aromatic nitrogens is 2. The number of aryl methyl sites for hydroxylation is 1. The second kappa shape index (κ2) is 5.91. The molecule has 3 nitrogen and oxygen atoms in total. The number of imidazole rings is 1. The van der Waals surface area contributed by atoms with Gasteiger partial charge in [0.05, 0.1) is 0 Å². The topological polar surface area (TPSA) is 40.7 Å². The fourth-order valence-electron chi connectivity index (χ4n) is 1.83. The van der Waals surface area contributed by atoms with E-state index in [1.807, 2.05) is 13.2 Å². The Labute approximate surface area is 92.7 Å². The molecule has 0 aliphatic rings. The van der Waals surface area contributed by atoms with Gasteiger partial charge in [0.25, 0.3) is 0 Å². The zero-order valence-electron chi connectivity index (χ0n) is 10.3. The number of nitrogens with one attached hydrogen (secondary N) is 2. The van der Waals surface area contributed by atoms with Gasteiger partial charge in [0.15, 0.2) is 0 Å². The van der Waals surface area contributed by atoms with Gasteiger partial charge >= 0.3 is 0 Å².